The molecule has 0 saturated carbocycles. The molecule has 0 aliphatic carbocycles. The van der Waals surface area contributed by atoms with Crippen molar-refractivity contribution < 1.29 is 43.1 Å². The molecular weight excluding hydrogens is 807 g/mol. The van der Waals surface area contributed by atoms with E-state index in [1.165, 1.54) is 14.1 Å². The molecule has 4 rings (SSSR count). The SMILES string of the molecule is CN.Cn1c(N)nc2ccc(OCCCOS(C)(=O)=O)cc21.Cn1c(NS(C)(=O)=O)nc2ccc(OCCCOS(C)(=O)=O)cc21.[B][B]B(B([B])[B])B(B([B])[B])B([B])[B]. The standard InChI is InChI=1S/C13H19N3O6S2.C12H17N3O4S.CH5N.B13/c1-16-12-9-10(21-7-4-8-22-24(3,19)20)5-6-11(12)14-13(16)15-23(2,17)18;1-15-11-8-9(4-5-10(11)14-12(15)13)18-6-3-7-19-20(2,16)17;1-2;1-8-12(9(2)3)13(10(4)5)11(6)7/h5-6,9H,4,7-8H2,1-3H3,(H,14,15);4-5,8H,3,6-7H2,1-2H3,(H2,13,14);2H2,1H3;. The van der Waals surface area contributed by atoms with Crippen LogP contribution in [0.2, 0.25) is 0 Å². The molecule has 59 heavy (non-hydrogen) atoms. The Bertz CT molecular complexity index is 2230. The smallest absolute Gasteiger partial charge is 0.264 e. The second-order valence-electron chi connectivity index (χ2n) is 12.7. The number of benzene rings is 2. The van der Waals surface area contributed by atoms with E-state index < -0.39 is 55.8 Å². The molecule has 5 N–H and O–H groups in total. The molecule has 0 saturated heterocycles. The van der Waals surface area contributed by atoms with Gasteiger partial charge in [-0.05, 0) is 31.3 Å². The molecule has 297 valence electrons. The number of nitrogens with one attached hydrogen (secondary N) is 1. The molecule has 33 heteroatoms. The van der Waals surface area contributed by atoms with Gasteiger partial charge in [0.2, 0.25) is 21.9 Å². The summed E-state index contributed by atoms with van der Waals surface area (Å²) in [6.07, 6.45) is 1.10. The molecular formula is C26H41B13N7O10S3. The normalized spacial score (nSPS) is 11.1. The maximum Gasteiger partial charge on any atom is 0.264 e. The molecule has 17 nitrogen and oxygen atoms in total. The molecule has 0 aliphatic rings. The van der Waals surface area contributed by atoms with Crippen LogP contribution in [-0.2, 0) is 52.7 Å². The molecule has 0 amide bonds. The highest BCUT2D eigenvalue weighted by molar-refractivity contribution is 8.07. The quantitative estimate of drug-likeness (QED) is 0.0467. The average molecular weight is 848 g/mol. The molecule has 0 atom stereocenters. The zero-order valence-electron chi connectivity index (χ0n) is 34.0. The number of aryl methyl sites for hydroxylation is 2. The zero-order valence-corrected chi connectivity index (χ0v) is 36.4. The number of aromatic nitrogens is 4. The van der Waals surface area contributed by atoms with E-state index in [1.807, 2.05) is 19.2 Å². The van der Waals surface area contributed by atoms with Crippen molar-refractivity contribution in [2.45, 2.75) is 12.8 Å². The Morgan fingerprint density at radius 3 is 1.47 bits per heavy atom. The predicted molar refractivity (Wildman–Crippen MR) is 251 cm³/mol. The molecule has 0 spiro atoms. The number of nitrogens with two attached hydrogens (primary N) is 2. The molecule has 2 aromatic heterocycles. The first-order chi connectivity index (χ1) is 27.3. The lowest BCUT2D eigenvalue weighted by molar-refractivity contribution is 0.251. The second-order valence-corrected chi connectivity index (χ2v) is 17.8. The van der Waals surface area contributed by atoms with Crippen molar-refractivity contribution in [3.63, 3.8) is 0 Å². The first-order valence-electron chi connectivity index (χ1n) is 17.6. The molecule has 2 heterocycles. The Morgan fingerprint density at radius 1 is 0.695 bits per heavy atom. The fraction of sp³-hybridized carbons (Fsp3) is 0.462. The number of anilines is 2. The Balaban J connectivity index is 0.000000452. The topological polar surface area (TPSA) is 239 Å². The Morgan fingerprint density at radius 2 is 1.12 bits per heavy atom. The Hall–Kier alpha value is -2.85. The maximum absolute atomic E-state index is 11.3. The number of nitrogen functional groups attached to an aromatic ring is 1. The number of imidazole rings is 2. The number of nitrogens with zero attached hydrogens (tertiary/aromatic N) is 4. The minimum Gasteiger partial charge on any atom is -0.493 e. The van der Waals surface area contributed by atoms with Gasteiger partial charge in [-0.3, -0.25) is 13.1 Å². The molecule has 2 aromatic carbocycles. The lowest BCUT2D eigenvalue weighted by Crippen LogP contribution is -2.69. The van der Waals surface area contributed by atoms with Crippen LogP contribution in [0.1, 0.15) is 12.8 Å². The zero-order chi connectivity index (χ0) is 45.3. The summed E-state index contributed by atoms with van der Waals surface area (Å²) in [6.45, 7) is 0.816. The van der Waals surface area contributed by atoms with Gasteiger partial charge in [-0.1, -0.05) is 0 Å². The molecule has 0 aliphatic heterocycles. The highest BCUT2D eigenvalue weighted by atomic mass is 32.2. The van der Waals surface area contributed by atoms with Crippen LogP contribution in [0.4, 0.5) is 11.9 Å². The van der Waals surface area contributed by atoms with E-state index in [1.54, 1.807) is 40.4 Å². The Labute approximate surface area is 361 Å². The van der Waals surface area contributed by atoms with Gasteiger partial charge in [0.25, 0.3) is 20.2 Å². The summed E-state index contributed by atoms with van der Waals surface area (Å²) < 4.78 is 91.9. The third-order valence-electron chi connectivity index (χ3n) is 7.73. The summed E-state index contributed by atoms with van der Waals surface area (Å²) in [7, 11) is 34.3. The van der Waals surface area contributed by atoms with Gasteiger partial charge in [0.1, 0.15) is 11.5 Å². The van der Waals surface area contributed by atoms with Crippen LogP contribution in [0, 0.1) is 0 Å². The summed E-state index contributed by atoms with van der Waals surface area (Å²) in [4.78, 5) is 8.39. The first kappa shape index (κ1) is 54.2. The Kier molecular flexibility index (Phi) is 23.1. The van der Waals surface area contributed by atoms with E-state index in [0.29, 0.717) is 47.9 Å². The number of sulfonamides is 1. The van der Waals surface area contributed by atoms with Gasteiger partial charge in [0.15, 0.2) is 0 Å². The minimum absolute atomic E-state index is 0.0508. The minimum atomic E-state index is -3.44. The highest BCUT2D eigenvalue weighted by Gasteiger charge is 2.32. The van der Waals surface area contributed by atoms with E-state index in [9.17, 15) is 25.3 Å². The average Bonchev–Trinajstić information content (AvgIpc) is 3.58. The van der Waals surface area contributed by atoms with E-state index in [4.69, 9.17) is 69.4 Å². The van der Waals surface area contributed by atoms with Crippen LogP contribution in [0.5, 0.6) is 11.5 Å². The molecule has 15 radical (unpaired) electrons. The summed E-state index contributed by atoms with van der Waals surface area (Å²) in [5, 5.41) is 0. The van der Waals surface area contributed by atoms with Crippen LogP contribution in [-0.4, -0.2) is 190 Å². The third kappa shape index (κ3) is 20.1. The molecule has 4 aromatic rings. The van der Waals surface area contributed by atoms with Crippen molar-refractivity contribution in [1.29, 1.82) is 0 Å². The van der Waals surface area contributed by atoms with E-state index in [2.05, 4.69) is 28.8 Å². The highest BCUT2D eigenvalue weighted by Crippen LogP contribution is 2.24. The number of hydrogen-bond donors (Lipinski definition) is 3. The van der Waals surface area contributed by atoms with Crippen molar-refractivity contribution in [2.24, 2.45) is 19.8 Å². The van der Waals surface area contributed by atoms with Gasteiger partial charge in [-0.25, -0.2) is 18.4 Å². The lowest BCUT2D eigenvalue weighted by Gasteiger charge is -2.31. The first-order valence-corrected chi connectivity index (χ1v) is 23.1. The monoisotopic (exact) mass is 850 g/mol. The fourth-order valence-corrected chi connectivity index (χ4v) is 6.35. The largest absolute Gasteiger partial charge is 0.493 e. The van der Waals surface area contributed by atoms with Crippen LogP contribution >= 0.6 is 0 Å². The van der Waals surface area contributed by atoms with Gasteiger partial charge in [0, 0.05) is 132 Å². The molecule has 0 fully saturated rings. The third-order valence-corrected chi connectivity index (χ3v) is 9.47. The van der Waals surface area contributed by atoms with Crippen LogP contribution < -0.4 is 25.7 Å². The van der Waals surface area contributed by atoms with Gasteiger partial charge >= 0.3 is 0 Å². The van der Waals surface area contributed by atoms with Gasteiger partial charge in [-0.2, -0.15) is 16.8 Å². The second kappa shape index (κ2) is 25.2. The van der Waals surface area contributed by atoms with E-state index in [-0.39, 0.29) is 32.2 Å². The predicted octanol–water partition coefficient (Wildman–Crippen LogP) is -3.78. The van der Waals surface area contributed by atoms with E-state index in [0.717, 1.165) is 29.8 Å². The lowest BCUT2D eigenvalue weighted by atomic mass is 8.50. The van der Waals surface area contributed by atoms with Crippen LogP contribution in [0.15, 0.2) is 36.4 Å². The van der Waals surface area contributed by atoms with E-state index >= 15 is 0 Å². The van der Waals surface area contributed by atoms with Crippen molar-refractivity contribution in [2.75, 3.05) is 62.7 Å². The van der Waals surface area contributed by atoms with Crippen molar-refractivity contribution in [3.8, 4) is 11.5 Å². The van der Waals surface area contributed by atoms with Gasteiger partial charge in [-0.15, -0.1) is 0 Å². The summed E-state index contributed by atoms with van der Waals surface area (Å²) in [5.74, 6) is 1.90. The summed E-state index contributed by atoms with van der Waals surface area (Å²) in [5.41, 5.74) is 13.2. The maximum atomic E-state index is 11.3. The van der Waals surface area contributed by atoms with Gasteiger partial charge < -0.3 is 30.1 Å². The van der Waals surface area contributed by atoms with Crippen molar-refractivity contribution >= 4 is 157 Å². The van der Waals surface area contributed by atoms with Crippen LogP contribution in [0.25, 0.3) is 22.1 Å². The molecule has 0 unspecified atom stereocenters. The van der Waals surface area contributed by atoms with Gasteiger partial charge in [0.05, 0.1) is 67.3 Å². The number of fused-ring (bicyclic) bond motifs is 2. The number of ether oxygens (including phenoxy) is 2. The van der Waals surface area contributed by atoms with Crippen molar-refractivity contribution in [1.82, 2.24) is 19.1 Å². The molecule has 0 bridgehead atoms. The van der Waals surface area contributed by atoms with Crippen LogP contribution in [0.3, 0.4) is 0 Å². The van der Waals surface area contributed by atoms with Crippen molar-refractivity contribution in [3.05, 3.63) is 36.4 Å². The number of hydrogen-bond acceptors (Lipinski definition) is 14. The summed E-state index contributed by atoms with van der Waals surface area (Å²) in [6, 6.07) is 10.6. The summed E-state index contributed by atoms with van der Waals surface area (Å²) >= 11 is 0. The fourth-order valence-electron chi connectivity index (χ4n) is 5.00. The number of rotatable bonds is 19.